The predicted octanol–water partition coefficient (Wildman–Crippen LogP) is 2.41. The first kappa shape index (κ1) is 14.2. The van der Waals surface area contributed by atoms with Gasteiger partial charge >= 0.3 is 0 Å². The molecule has 0 unspecified atom stereocenters. The van der Waals surface area contributed by atoms with Crippen LogP contribution in [0, 0.1) is 17.0 Å². The van der Waals surface area contributed by atoms with Gasteiger partial charge in [-0.3, -0.25) is 14.8 Å². The Morgan fingerprint density at radius 3 is 2.85 bits per heavy atom. The predicted molar refractivity (Wildman–Crippen MR) is 77.4 cm³/mol. The summed E-state index contributed by atoms with van der Waals surface area (Å²) in [6.07, 6.45) is 1.93. The molecule has 1 heterocycles. The van der Waals surface area contributed by atoms with E-state index in [9.17, 15) is 10.1 Å². The van der Waals surface area contributed by atoms with Crippen LogP contribution in [0.2, 0.25) is 0 Å². The van der Waals surface area contributed by atoms with Crippen LogP contribution < -0.4 is 5.32 Å². The molecule has 20 heavy (non-hydrogen) atoms. The normalized spacial score (nSPS) is 10.8. The van der Waals surface area contributed by atoms with Gasteiger partial charge in [0.1, 0.15) is 0 Å². The Morgan fingerprint density at radius 1 is 1.45 bits per heavy atom. The Morgan fingerprint density at radius 2 is 2.20 bits per heavy atom. The third-order valence-corrected chi connectivity index (χ3v) is 3.15. The van der Waals surface area contributed by atoms with Crippen LogP contribution in [-0.2, 0) is 13.6 Å². The van der Waals surface area contributed by atoms with Gasteiger partial charge in [-0.2, -0.15) is 5.10 Å². The average Bonchev–Trinajstić information content (AvgIpc) is 2.77. The molecular formula is C14H18N4O2. The van der Waals surface area contributed by atoms with Crippen LogP contribution in [0.3, 0.4) is 0 Å². The number of nitrogens with zero attached hydrogens (tertiary/aromatic N) is 3. The van der Waals surface area contributed by atoms with Gasteiger partial charge in [0.05, 0.1) is 10.6 Å². The fraction of sp³-hybridized carbons (Fsp3) is 0.357. The van der Waals surface area contributed by atoms with E-state index < -0.39 is 0 Å². The Labute approximate surface area is 117 Å². The fourth-order valence-corrected chi connectivity index (χ4v) is 2.12. The summed E-state index contributed by atoms with van der Waals surface area (Å²) in [7, 11) is 1.85. The molecule has 0 saturated heterocycles. The van der Waals surface area contributed by atoms with E-state index >= 15 is 0 Å². The minimum absolute atomic E-state index is 0.127. The zero-order valence-electron chi connectivity index (χ0n) is 11.9. The molecule has 1 aromatic carbocycles. The summed E-state index contributed by atoms with van der Waals surface area (Å²) in [4.78, 5) is 10.7. The van der Waals surface area contributed by atoms with Crippen molar-refractivity contribution in [1.82, 2.24) is 15.1 Å². The van der Waals surface area contributed by atoms with Crippen LogP contribution in [0.4, 0.5) is 5.69 Å². The first-order valence-corrected chi connectivity index (χ1v) is 6.51. The van der Waals surface area contributed by atoms with E-state index in [1.807, 2.05) is 26.2 Å². The van der Waals surface area contributed by atoms with Crippen molar-refractivity contribution in [3.05, 3.63) is 45.6 Å². The standard InChI is InChI=1S/C14H18N4O2/c1-4-15-8-12-9-17(3)16-14(12)11-6-5-10(2)13(7-11)18(19)20/h5-7,9,15H,4,8H2,1-3H3. The van der Waals surface area contributed by atoms with E-state index in [0.717, 1.165) is 23.4 Å². The minimum atomic E-state index is -0.355. The van der Waals surface area contributed by atoms with Gasteiger partial charge in [-0.1, -0.05) is 19.1 Å². The summed E-state index contributed by atoms with van der Waals surface area (Å²) in [5.41, 5.74) is 3.38. The zero-order chi connectivity index (χ0) is 14.7. The van der Waals surface area contributed by atoms with Crippen molar-refractivity contribution in [1.29, 1.82) is 0 Å². The van der Waals surface area contributed by atoms with Crippen LogP contribution in [0.25, 0.3) is 11.3 Å². The Kier molecular flexibility index (Phi) is 4.14. The van der Waals surface area contributed by atoms with Crippen molar-refractivity contribution in [3.63, 3.8) is 0 Å². The Hall–Kier alpha value is -2.21. The second kappa shape index (κ2) is 5.83. The van der Waals surface area contributed by atoms with Crippen LogP contribution >= 0.6 is 0 Å². The molecular weight excluding hydrogens is 256 g/mol. The average molecular weight is 274 g/mol. The van der Waals surface area contributed by atoms with E-state index in [0.29, 0.717) is 12.1 Å². The van der Waals surface area contributed by atoms with Crippen LogP contribution in [0.1, 0.15) is 18.1 Å². The number of nitrogens with one attached hydrogen (secondary N) is 1. The summed E-state index contributed by atoms with van der Waals surface area (Å²) in [5, 5.41) is 18.7. The number of nitro groups is 1. The van der Waals surface area contributed by atoms with Crippen LogP contribution in [-0.4, -0.2) is 21.2 Å². The number of aromatic nitrogens is 2. The van der Waals surface area contributed by atoms with Crippen molar-refractivity contribution in [2.24, 2.45) is 7.05 Å². The highest BCUT2D eigenvalue weighted by Crippen LogP contribution is 2.28. The number of nitro benzene ring substituents is 1. The Balaban J connectivity index is 2.45. The molecule has 0 amide bonds. The van der Waals surface area contributed by atoms with Gasteiger partial charge in [0.25, 0.3) is 5.69 Å². The maximum absolute atomic E-state index is 11.0. The van der Waals surface area contributed by atoms with Crippen molar-refractivity contribution in [3.8, 4) is 11.3 Å². The molecule has 0 aliphatic heterocycles. The molecule has 0 fully saturated rings. The molecule has 0 radical (unpaired) electrons. The highest BCUT2D eigenvalue weighted by Gasteiger charge is 2.15. The van der Waals surface area contributed by atoms with Crippen molar-refractivity contribution >= 4 is 5.69 Å². The summed E-state index contributed by atoms with van der Waals surface area (Å²) < 4.78 is 1.73. The Bertz CT molecular complexity index is 634. The van der Waals surface area contributed by atoms with E-state index in [2.05, 4.69) is 10.4 Å². The monoisotopic (exact) mass is 274 g/mol. The van der Waals surface area contributed by atoms with E-state index in [1.54, 1.807) is 23.7 Å². The van der Waals surface area contributed by atoms with Gasteiger partial charge in [-0.25, -0.2) is 0 Å². The number of hydrogen-bond donors (Lipinski definition) is 1. The SMILES string of the molecule is CCNCc1cn(C)nc1-c1ccc(C)c([N+](=O)[O-])c1. The number of aryl methyl sites for hydroxylation is 2. The first-order valence-electron chi connectivity index (χ1n) is 6.51. The summed E-state index contributed by atoms with van der Waals surface area (Å²) in [5.74, 6) is 0. The van der Waals surface area contributed by atoms with Gasteiger partial charge < -0.3 is 5.32 Å². The molecule has 106 valence electrons. The maximum atomic E-state index is 11.0. The second-order valence-corrected chi connectivity index (χ2v) is 4.72. The molecule has 2 rings (SSSR count). The molecule has 0 bridgehead atoms. The zero-order valence-corrected chi connectivity index (χ0v) is 11.9. The van der Waals surface area contributed by atoms with Crippen molar-refractivity contribution < 1.29 is 4.92 Å². The summed E-state index contributed by atoms with van der Waals surface area (Å²) in [6, 6.07) is 5.23. The molecule has 2 aromatic rings. The molecule has 6 nitrogen and oxygen atoms in total. The highest BCUT2D eigenvalue weighted by molar-refractivity contribution is 5.66. The lowest BCUT2D eigenvalue weighted by Gasteiger charge is -2.04. The largest absolute Gasteiger partial charge is 0.313 e. The maximum Gasteiger partial charge on any atom is 0.272 e. The second-order valence-electron chi connectivity index (χ2n) is 4.72. The van der Waals surface area contributed by atoms with E-state index in [4.69, 9.17) is 0 Å². The van der Waals surface area contributed by atoms with Crippen molar-refractivity contribution in [2.45, 2.75) is 20.4 Å². The third-order valence-electron chi connectivity index (χ3n) is 3.15. The molecule has 1 aromatic heterocycles. The van der Waals surface area contributed by atoms with Gasteiger partial charge in [0.15, 0.2) is 0 Å². The lowest BCUT2D eigenvalue weighted by molar-refractivity contribution is -0.385. The fourth-order valence-electron chi connectivity index (χ4n) is 2.12. The number of hydrogen-bond acceptors (Lipinski definition) is 4. The summed E-state index contributed by atoms with van der Waals surface area (Å²) in [6.45, 7) is 5.33. The highest BCUT2D eigenvalue weighted by atomic mass is 16.6. The van der Waals surface area contributed by atoms with Gasteiger partial charge in [-0.15, -0.1) is 0 Å². The molecule has 0 atom stereocenters. The summed E-state index contributed by atoms with van der Waals surface area (Å²) >= 11 is 0. The number of rotatable bonds is 5. The van der Waals surface area contributed by atoms with Crippen molar-refractivity contribution in [2.75, 3.05) is 6.54 Å². The first-order chi connectivity index (χ1) is 9.52. The van der Waals surface area contributed by atoms with Crippen LogP contribution in [0.15, 0.2) is 24.4 Å². The topological polar surface area (TPSA) is 73.0 Å². The molecule has 1 N–H and O–H groups in total. The van der Waals surface area contributed by atoms with Crippen LogP contribution in [0.5, 0.6) is 0 Å². The lowest BCUT2D eigenvalue weighted by Crippen LogP contribution is -2.11. The lowest BCUT2D eigenvalue weighted by atomic mass is 10.0. The quantitative estimate of drug-likeness (QED) is 0.671. The molecule has 0 aliphatic rings. The molecule has 0 spiro atoms. The van der Waals surface area contributed by atoms with E-state index in [1.165, 1.54) is 0 Å². The molecule has 0 saturated carbocycles. The third kappa shape index (κ3) is 2.85. The van der Waals surface area contributed by atoms with Gasteiger partial charge in [-0.05, 0) is 13.5 Å². The molecule has 6 heteroatoms. The van der Waals surface area contributed by atoms with E-state index in [-0.39, 0.29) is 10.6 Å². The van der Waals surface area contributed by atoms with Gasteiger partial charge in [0, 0.05) is 42.5 Å². The number of benzene rings is 1. The van der Waals surface area contributed by atoms with Gasteiger partial charge in [0.2, 0.25) is 0 Å². The smallest absolute Gasteiger partial charge is 0.272 e. The molecule has 0 aliphatic carbocycles. The minimum Gasteiger partial charge on any atom is -0.313 e.